The quantitative estimate of drug-likeness (QED) is 0.545. The molecule has 26 heavy (non-hydrogen) atoms. The number of methoxy groups -OCH3 is 1. The third-order valence-corrected chi connectivity index (χ3v) is 4.75. The highest BCUT2D eigenvalue weighted by Gasteiger charge is 2.42. The molecule has 0 saturated carbocycles. The fourth-order valence-electron chi connectivity index (χ4n) is 3.33. The van der Waals surface area contributed by atoms with E-state index in [1.807, 2.05) is 51.1 Å². The fourth-order valence-corrected chi connectivity index (χ4v) is 3.33. The van der Waals surface area contributed by atoms with Crippen LogP contribution in [-0.4, -0.2) is 59.4 Å². The Kier molecular flexibility index (Phi) is 7.14. The van der Waals surface area contributed by atoms with E-state index in [2.05, 4.69) is 10.6 Å². The maximum absolute atomic E-state index is 12.7. The molecule has 1 saturated heterocycles. The number of ether oxygens (including phenoxy) is 1. The lowest BCUT2D eigenvalue weighted by Gasteiger charge is -2.41. The van der Waals surface area contributed by atoms with Crippen LogP contribution in [0.3, 0.4) is 0 Å². The first kappa shape index (κ1) is 20.8. The predicted octanol–water partition coefficient (Wildman–Crippen LogP) is 1.33. The van der Waals surface area contributed by atoms with Crippen LogP contribution in [-0.2, 0) is 9.53 Å². The lowest BCUT2D eigenvalue weighted by Crippen LogP contribution is -2.60. The van der Waals surface area contributed by atoms with Crippen molar-refractivity contribution in [2.75, 3.05) is 19.0 Å². The van der Waals surface area contributed by atoms with E-state index in [-0.39, 0.29) is 11.3 Å². The van der Waals surface area contributed by atoms with Crippen LogP contribution in [0, 0.1) is 5.41 Å². The van der Waals surface area contributed by atoms with E-state index in [0.29, 0.717) is 13.0 Å². The van der Waals surface area contributed by atoms with E-state index >= 15 is 0 Å². The number of hydrogen-bond donors (Lipinski definition) is 4. The molecular formula is C19H31N3O4. The maximum Gasteiger partial charge on any atom is 0.241 e. The van der Waals surface area contributed by atoms with Gasteiger partial charge in [-0.15, -0.1) is 0 Å². The van der Waals surface area contributed by atoms with Crippen molar-refractivity contribution in [3.05, 3.63) is 30.3 Å². The molecule has 2 rings (SSSR count). The molecule has 1 unspecified atom stereocenters. The molecule has 1 fully saturated rings. The molecule has 4 N–H and O–H groups in total. The Morgan fingerprint density at radius 2 is 1.92 bits per heavy atom. The summed E-state index contributed by atoms with van der Waals surface area (Å²) in [6, 6.07) is 8.39. The van der Waals surface area contributed by atoms with E-state index in [1.54, 1.807) is 4.90 Å². The Hall–Kier alpha value is -1.51. The third-order valence-electron chi connectivity index (χ3n) is 4.75. The molecule has 0 radical (unpaired) electrons. The minimum Gasteiger partial charge on any atom is -0.377 e. The van der Waals surface area contributed by atoms with E-state index in [0.717, 1.165) is 12.1 Å². The summed E-state index contributed by atoms with van der Waals surface area (Å²) in [5.41, 5.74) is 0.376. The van der Waals surface area contributed by atoms with Crippen LogP contribution in [0.15, 0.2) is 30.3 Å². The molecule has 146 valence electrons. The van der Waals surface area contributed by atoms with Gasteiger partial charge < -0.3 is 20.3 Å². The molecule has 0 spiro atoms. The van der Waals surface area contributed by atoms with Crippen LogP contribution in [0.4, 0.5) is 5.69 Å². The van der Waals surface area contributed by atoms with Crippen LogP contribution in [0.5, 0.6) is 0 Å². The van der Waals surface area contributed by atoms with Crippen LogP contribution in [0.2, 0.25) is 0 Å². The highest BCUT2D eigenvalue weighted by molar-refractivity contribution is 5.95. The number of aliphatic hydroxyl groups excluding tert-OH is 2. The normalized spacial score (nSPS) is 22.0. The zero-order chi connectivity index (χ0) is 19.3. The van der Waals surface area contributed by atoms with Crippen LogP contribution in [0.1, 0.15) is 33.6 Å². The standard InChI is InChI=1S/C19H31N3O4/c1-19(2,3)15(21-18(25)26-4)17(24)22-12-8-11-14(22)16(23)20-13-9-6-5-7-10-13/h5-7,9-10,14-15,17-18,21,24-25H,8,11-12H2,1-4H3,(H,20,23)/t14-,15+,17-,18?/m0/s1. The second-order valence-corrected chi connectivity index (χ2v) is 7.76. The number of hydrogen-bond acceptors (Lipinski definition) is 6. The van der Waals surface area contributed by atoms with E-state index in [4.69, 9.17) is 4.74 Å². The number of benzene rings is 1. The molecule has 7 heteroatoms. The van der Waals surface area contributed by atoms with Gasteiger partial charge in [0.05, 0.1) is 12.1 Å². The third kappa shape index (κ3) is 5.25. The summed E-state index contributed by atoms with van der Waals surface area (Å²) in [5, 5.41) is 26.6. The van der Waals surface area contributed by atoms with Gasteiger partial charge in [-0.25, -0.2) is 0 Å². The summed E-state index contributed by atoms with van der Waals surface area (Å²) in [7, 11) is 1.38. The Balaban J connectivity index is 2.12. The summed E-state index contributed by atoms with van der Waals surface area (Å²) in [6.07, 6.45) is -0.616. The number of nitrogens with zero attached hydrogens (tertiary/aromatic N) is 1. The summed E-state index contributed by atoms with van der Waals surface area (Å²) < 4.78 is 4.88. The van der Waals surface area contributed by atoms with Gasteiger partial charge in [0.1, 0.15) is 6.23 Å². The van der Waals surface area contributed by atoms with Crippen molar-refractivity contribution in [1.82, 2.24) is 10.2 Å². The van der Waals surface area contributed by atoms with Gasteiger partial charge in [0.25, 0.3) is 0 Å². The Labute approximate surface area is 155 Å². The minimum absolute atomic E-state index is 0.132. The Bertz CT molecular complexity index is 576. The Morgan fingerprint density at radius 3 is 2.50 bits per heavy atom. The molecule has 1 aromatic rings. The minimum atomic E-state index is -1.19. The molecule has 1 amide bonds. The van der Waals surface area contributed by atoms with Crippen LogP contribution in [0.25, 0.3) is 0 Å². The van der Waals surface area contributed by atoms with Gasteiger partial charge in [0.2, 0.25) is 12.3 Å². The first-order chi connectivity index (χ1) is 12.2. The van der Waals surface area contributed by atoms with Crippen molar-refractivity contribution in [2.45, 2.75) is 58.3 Å². The molecule has 0 bridgehead atoms. The second kappa shape index (κ2) is 8.92. The molecule has 4 atom stereocenters. The fraction of sp³-hybridized carbons (Fsp3) is 0.632. The van der Waals surface area contributed by atoms with Gasteiger partial charge in [-0.2, -0.15) is 0 Å². The average molecular weight is 365 g/mol. The number of carbonyl (C=O) groups is 1. The van der Waals surface area contributed by atoms with E-state index < -0.39 is 24.7 Å². The molecule has 1 aromatic carbocycles. The SMILES string of the molecule is COC(O)N[C@H]([C@H](O)N1CCC[C@H]1C(=O)Nc1ccccc1)C(C)(C)C. The van der Waals surface area contributed by atoms with E-state index in [1.165, 1.54) is 7.11 Å². The molecule has 1 aliphatic rings. The highest BCUT2D eigenvalue weighted by Crippen LogP contribution is 2.29. The topological polar surface area (TPSA) is 94.1 Å². The number of para-hydroxylation sites is 1. The average Bonchev–Trinajstić information content (AvgIpc) is 3.08. The molecule has 0 aliphatic carbocycles. The lowest BCUT2D eigenvalue weighted by molar-refractivity contribution is -0.145. The van der Waals surface area contributed by atoms with Gasteiger partial charge >= 0.3 is 0 Å². The maximum atomic E-state index is 12.7. The smallest absolute Gasteiger partial charge is 0.241 e. The summed E-state index contributed by atoms with van der Waals surface area (Å²) in [6.45, 7) is 6.51. The summed E-state index contributed by atoms with van der Waals surface area (Å²) >= 11 is 0. The van der Waals surface area contributed by atoms with Crippen molar-refractivity contribution >= 4 is 11.6 Å². The van der Waals surface area contributed by atoms with Crippen LogP contribution >= 0.6 is 0 Å². The van der Waals surface area contributed by atoms with Crippen LogP contribution < -0.4 is 10.6 Å². The molecule has 1 heterocycles. The van der Waals surface area contributed by atoms with Crippen molar-refractivity contribution in [1.29, 1.82) is 0 Å². The van der Waals surface area contributed by atoms with Gasteiger partial charge in [-0.05, 0) is 30.4 Å². The number of nitrogens with one attached hydrogen (secondary N) is 2. The first-order valence-corrected chi connectivity index (χ1v) is 9.00. The van der Waals surface area contributed by atoms with Gasteiger partial charge in [0.15, 0.2) is 0 Å². The summed E-state index contributed by atoms with van der Waals surface area (Å²) in [5.74, 6) is -0.132. The van der Waals surface area contributed by atoms with Crippen molar-refractivity contribution in [2.24, 2.45) is 5.41 Å². The highest BCUT2D eigenvalue weighted by atomic mass is 16.6. The van der Waals surface area contributed by atoms with Gasteiger partial charge in [-0.3, -0.25) is 15.0 Å². The second-order valence-electron chi connectivity index (χ2n) is 7.76. The Morgan fingerprint density at radius 1 is 1.27 bits per heavy atom. The largest absolute Gasteiger partial charge is 0.377 e. The summed E-state index contributed by atoms with van der Waals surface area (Å²) in [4.78, 5) is 14.5. The monoisotopic (exact) mass is 365 g/mol. The molecule has 0 aromatic heterocycles. The first-order valence-electron chi connectivity index (χ1n) is 9.00. The number of amides is 1. The number of carbonyl (C=O) groups excluding carboxylic acids is 1. The van der Waals surface area contributed by atoms with Crippen molar-refractivity contribution in [3.63, 3.8) is 0 Å². The number of aliphatic hydroxyl groups is 2. The van der Waals surface area contributed by atoms with Crippen molar-refractivity contribution in [3.8, 4) is 0 Å². The van der Waals surface area contributed by atoms with E-state index in [9.17, 15) is 15.0 Å². The van der Waals surface area contributed by atoms with Gasteiger partial charge in [0, 0.05) is 19.3 Å². The number of rotatable bonds is 7. The zero-order valence-electron chi connectivity index (χ0n) is 16.0. The molecule has 7 nitrogen and oxygen atoms in total. The molecule has 1 aliphatic heterocycles. The van der Waals surface area contributed by atoms with Crippen molar-refractivity contribution < 1.29 is 19.7 Å². The number of anilines is 1. The predicted molar refractivity (Wildman–Crippen MR) is 100 cm³/mol. The lowest BCUT2D eigenvalue weighted by atomic mass is 9.85. The molecular weight excluding hydrogens is 334 g/mol. The zero-order valence-corrected chi connectivity index (χ0v) is 16.0. The van der Waals surface area contributed by atoms with Gasteiger partial charge in [-0.1, -0.05) is 39.0 Å². The number of likely N-dealkylation sites (tertiary alicyclic amines) is 1.